The molecule has 134 valence electrons. The minimum atomic E-state index is -0.286. The van der Waals surface area contributed by atoms with Gasteiger partial charge >= 0.3 is 5.97 Å². The van der Waals surface area contributed by atoms with E-state index in [-0.39, 0.29) is 19.0 Å². The third kappa shape index (κ3) is 4.18. The minimum Gasteiger partial charge on any atom is -0.460 e. The van der Waals surface area contributed by atoms with E-state index in [1.165, 1.54) is 11.3 Å². The Morgan fingerprint density at radius 3 is 2.74 bits per heavy atom. The zero-order valence-corrected chi connectivity index (χ0v) is 16.0. The normalized spacial score (nSPS) is 10.9. The Bertz CT molecular complexity index is 1100. The molecule has 4 aromatic rings. The van der Waals surface area contributed by atoms with Gasteiger partial charge in [0.05, 0.1) is 12.1 Å². The second kappa shape index (κ2) is 7.91. The summed E-state index contributed by atoms with van der Waals surface area (Å²) in [5, 5.41) is 5.63. The second-order valence-electron chi connectivity index (χ2n) is 6.13. The Morgan fingerprint density at radius 2 is 1.85 bits per heavy atom. The van der Waals surface area contributed by atoms with Crippen molar-refractivity contribution in [1.29, 1.82) is 0 Å². The van der Waals surface area contributed by atoms with Crippen LogP contribution in [0.1, 0.15) is 11.3 Å². The molecule has 27 heavy (non-hydrogen) atoms. The van der Waals surface area contributed by atoms with Gasteiger partial charge in [0.1, 0.15) is 11.6 Å². The van der Waals surface area contributed by atoms with E-state index in [9.17, 15) is 4.79 Å². The molecule has 3 nitrogen and oxygen atoms in total. The first-order valence-electron chi connectivity index (χ1n) is 8.52. The highest BCUT2D eigenvalue weighted by molar-refractivity contribution is 7.13. The molecule has 4 rings (SSSR count). The lowest BCUT2D eigenvalue weighted by molar-refractivity contribution is -0.144. The van der Waals surface area contributed by atoms with Crippen molar-refractivity contribution in [3.05, 3.63) is 88.4 Å². The Morgan fingerprint density at radius 1 is 1.04 bits per heavy atom. The molecule has 0 spiro atoms. The lowest BCUT2D eigenvalue weighted by atomic mass is 10.1. The molecule has 3 aromatic carbocycles. The van der Waals surface area contributed by atoms with E-state index in [1.54, 1.807) is 0 Å². The standard InChI is InChI=1S/C22H16ClNO2S/c23-18-9-4-7-16(11-18)22-24-19(14-27-22)12-21(25)26-13-17-8-3-6-15-5-1-2-10-20(15)17/h1-11,14H,12-13H2. The van der Waals surface area contributed by atoms with Gasteiger partial charge in [-0.1, -0.05) is 66.2 Å². The number of halogens is 1. The topological polar surface area (TPSA) is 39.2 Å². The molecule has 0 saturated heterocycles. The summed E-state index contributed by atoms with van der Waals surface area (Å²) in [6.45, 7) is 0.255. The first kappa shape index (κ1) is 17.7. The van der Waals surface area contributed by atoms with Gasteiger partial charge < -0.3 is 4.74 Å². The van der Waals surface area contributed by atoms with E-state index in [2.05, 4.69) is 4.98 Å². The van der Waals surface area contributed by atoms with Gasteiger partial charge in [-0.2, -0.15) is 0 Å². The van der Waals surface area contributed by atoms with E-state index in [0.29, 0.717) is 10.7 Å². The average Bonchev–Trinajstić information content (AvgIpc) is 3.15. The van der Waals surface area contributed by atoms with Crippen molar-refractivity contribution < 1.29 is 9.53 Å². The van der Waals surface area contributed by atoms with E-state index < -0.39 is 0 Å². The molecule has 1 heterocycles. The predicted octanol–water partition coefficient (Wildman–Crippen LogP) is 5.90. The number of aromatic nitrogens is 1. The Kier molecular flexibility index (Phi) is 5.19. The zero-order chi connectivity index (χ0) is 18.6. The first-order valence-corrected chi connectivity index (χ1v) is 9.77. The van der Waals surface area contributed by atoms with Crippen LogP contribution in [0.15, 0.2) is 72.1 Å². The van der Waals surface area contributed by atoms with Gasteiger partial charge in [-0.25, -0.2) is 4.98 Å². The molecule has 0 aliphatic heterocycles. The van der Waals surface area contributed by atoms with Crippen molar-refractivity contribution >= 4 is 39.7 Å². The Balaban J connectivity index is 1.41. The number of benzene rings is 3. The molecule has 0 fully saturated rings. The molecule has 0 amide bonds. The number of rotatable bonds is 5. The molecule has 0 N–H and O–H groups in total. The predicted molar refractivity (Wildman–Crippen MR) is 110 cm³/mol. The lowest BCUT2D eigenvalue weighted by Gasteiger charge is -2.07. The molecule has 0 aliphatic rings. The van der Waals surface area contributed by atoms with Gasteiger partial charge in [0.15, 0.2) is 0 Å². The SMILES string of the molecule is O=C(Cc1csc(-c2cccc(Cl)c2)n1)OCc1cccc2ccccc12. The van der Waals surface area contributed by atoms with Crippen LogP contribution in [-0.2, 0) is 22.6 Å². The van der Waals surface area contributed by atoms with Crippen LogP contribution < -0.4 is 0 Å². The molecule has 0 aliphatic carbocycles. The maximum absolute atomic E-state index is 12.2. The van der Waals surface area contributed by atoms with Crippen molar-refractivity contribution in [2.24, 2.45) is 0 Å². The summed E-state index contributed by atoms with van der Waals surface area (Å²) in [5.74, 6) is -0.286. The summed E-state index contributed by atoms with van der Waals surface area (Å²) >= 11 is 7.52. The van der Waals surface area contributed by atoms with Crippen molar-refractivity contribution in [3.63, 3.8) is 0 Å². The van der Waals surface area contributed by atoms with Crippen LogP contribution in [-0.4, -0.2) is 11.0 Å². The van der Waals surface area contributed by atoms with Crippen LogP contribution in [0.4, 0.5) is 0 Å². The number of hydrogen-bond donors (Lipinski definition) is 0. The van der Waals surface area contributed by atoms with Gasteiger partial charge in [-0.15, -0.1) is 11.3 Å². The highest BCUT2D eigenvalue weighted by Crippen LogP contribution is 2.26. The van der Waals surface area contributed by atoms with Crippen LogP contribution in [0.25, 0.3) is 21.3 Å². The Labute approximate surface area is 166 Å². The van der Waals surface area contributed by atoms with Crippen molar-refractivity contribution in [2.75, 3.05) is 0 Å². The molecular formula is C22H16ClNO2S. The Hall–Kier alpha value is -2.69. The number of thiazole rings is 1. The largest absolute Gasteiger partial charge is 0.460 e. The fourth-order valence-electron chi connectivity index (χ4n) is 2.92. The smallest absolute Gasteiger partial charge is 0.312 e. The number of fused-ring (bicyclic) bond motifs is 1. The summed E-state index contributed by atoms with van der Waals surface area (Å²) in [6, 6.07) is 21.6. The molecule has 0 radical (unpaired) electrons. The molecule has 1 aromatic heterocycles. The summed E-state index contributed by atoms with van der Waals surface area (Å²) in [4.78, 5) is 16.8. The summed E-state index contributed by atoms with van der Waals surface area (Å²) in [7, 11) is 0. The van der Waals surface area contributed by atoms with Gasteiger partial charge in [0.2, 0.25) is 0 Å². The van der Waals surface area contributed by atoms with Gasteiger partial charge in [0.25, 0.3) is 0 Å². The van der Waals surface area contributed by atoms with Crippen LogP contribution >= 0.6 is 22.9 Å². The minimum absolute atomic E-state index is 0.155. The number of nitrogens with zero attached hydrogens (tertiary/aromatic N) is 1. The van der Waals surface area contributed by atoms with Gasteiger partial charge in [-0.05, 0) is 28.5 Å². The van der Waals surface area contributed by atoms with E-state index in [1.807, 2.05) is 72.1 Å². The zero-order valence-electron chi connectivity index (χ0n) is 14.4. The summed E-state index contributed by atoms with van der Waals surface area (Å²) in [5.41, 5.74) is 2.65. The van der Waals surface area contributed by atoms with Crippen LogP contribution in [0.2, 0.25) is 5.02 Å². The average molecular weight is 394 g/mol. The maximum atomic E-state index is 12.2. The molecular weight excluding hydrogens is 378 g/mol. The van der Waals surface area contributed by atoms with E-state index in [4.69, 9.17) is 16.3 Å². The number of hydrogen-bond acceptors (Lipinski definition) is 4. The van der Waals surface area contributed by atoms with Crippen molar-refractivity contribution in [3.8, 4) is 10.6 Å². The van der Waals surface area contributed by atoms with Gasteiger partial charge in [0, 0.05) is 16.0 Å². The monoisotopic (exact) mass is 393 g/mol. The number of carbonyl (C=O) groups is 1. The third-order valence-corrected chi connectivity index (χ3v) is 5.39. The fourth-order valence-corrected chi connectivity index (χ4v) is 3.92. The highest BCUT2D eigenvalue weighted by atomic mass is 35.5. The second-order valence-corrected chi connectivity index (χ2v) is 7.42. The van der Waals surface area contributed by atoms with Crippen LogP contribution in [0, 0.1) is 0 Å². The highest BCUT2D eigenvalue weighted by Gasteiger charge is 2.11. The summed E-state index contributed by atoms with van der Waals surface area (Å²) < 4.78 is 5.48. The molecule has 0 atom stereocenters. The van der Waals surface area contributed by atoms with Crippen LogP contribution in [0.3, 0.4) is 0 Å². The third-order valence-electron chi connectivity index (χ3n) is 4.22. The molecule has 0 bridgehead atoms. The lowest BCUT2D eigenvalue weighted by Crippen LogP contribution is -2.08. The van der Waals surface area contributed by atoms with Crippen molar-refractivity contribution in [2.45, 2.75) is 13.0 Å². The maximum Gasteiger partial charge on any atom is 0.312 e. The van der Waals surface area contributed by atoms with E-state index >= 15 is 0 Å². The number of esters is 1. The number of ether oxygens (including phenoxy) is 1. The van der Waals surface area contributed by atoms with Crippen molar-refractivity contribution in [1.82, 2.24) is 4.98 Å². The fraction of sp³-hybridized carbons (Fsp3) is 0.0909. The summed E-state index contributed by atoms with van der Waals surface area (Å²) in [6.07, 6.45) is 0.155. The molecule has 0 saturated carbocycles. The molecule has 0 unspecified atom stereocenters. The molecule has 5 heteroatoms. The first-order chi connectivity index (χ1) is 13.2. The van der Waals surface area contributed by atoms with E-state index in [0.717, 1.165) is 26.9 Å². The van der Waals surface area contributed by atoms with Gasteiger partial charge in [-0.3, -0.25) is 4.79 Å². The van der Waals surface area contributed by atoms with Crippen LogP contribution in [0.5, 0.6) is 0 Å². The number of carbonyl (C=O) groups excluding carboxylic acids is 1. The quantitative estimate of drug-likeness (QED) is 0.396.